The van der Waals surface area contributed by atoms with Crippen LogP contribution in [0.25, 0.3) is 22.2 Å². The minimum absolute atomic E-state index is 0.0367. The van der Waals surface area contributed by atoms with E-state index in [9.17, 15) is 18.0 Å². The molecule has 1 saturated carbocycles. The Labute approximate surface area is 216 Å². The number of nitrogens with zero attached hydrogens (tertiary/aromatic N) is 6. The van der Waals surface area contributed by atoms with Gasteiger partial charge in [-0.3, -0.25) is 14.8 Å². The summed E-state index contributed by atoms with van der Waals surface area (Å²) in [5, 5.41) is 18.9. The molecule has 1 aromatic carbocycles. The molecule has 0 unspecified atom stereocenters. The van der Waals surface area contributed by atoms with Crippen LogP contribution in [-0.2, 0) is 24.6 Å². The quantitative estimate of drug-likeness (QED) is 0.399. The molecule has 6 rings (SSSR count). The number of carbonyl (C=O) groups is 1. The first-order valence-corrected chi connectivity index (χ1v) is 12.7. The van der Waals surface area contributed by atoms with E-state index in [4.69, 9.17) is 0 Å². The highest BCUT2D eigenvalue weighted by molar-refractivity contribution is 5.94. The number of piperazine rings is 1. The van der Waals surface area contributed by atoms with Gasteiger partial charge >= 0.3 is 6.18 Å². The Bertz CT molecular complexity index is 1490. The largest absolute Gasteiger partial charge is 0.433 e. The van der Waals surface area contributed by atoms with E-state index >= 15 is 0 Å². The molecule has 1 saturated heterocycles. The molecule has 4 aromatic rings. The molecule has 4 heterocycles. The number of rotatable bonds is 6. The van der Waals surface area contributed by atoms with Crippen molar-refractivity contribution in [2.24, 2.45) is 13.0 Å². The molecule has 2 N–H and O–H groups in total. The summed E-state index contributed by atoms with van der Waals surface area (Å²) in [5.41, 5.74) is 1.84. The number of pyridine rings is 1. The second-order valence-electron chi connectivity index (χ2n) is 10.1. The van der Waals surface area contributed by atoms with Crippen molar-refractivity contribution < 1.29 is 18.0 Å². The number of amides is 1. The van der Waals surface area contributed by atoms with Crippen molar-refractivity contribution in [2.75, 3.05) is 19.6 Å². The van der Waals surface area contributed by atoms with Gasteiger partial charge in [0.2, 0.25) is 5.91 Å². The monoisotopic (exact) mass is 524 g/mol. The summed E-state index contributed by atoms with van der Waals surface area (Å²) in [6, 6.07) is 8.85. The van der Waals surface area contributed by atoms with Gasteiger partial charge in [-0.05, 0) is 36.5 Å². The maximum absolute atomic E-state index is 13.9. The first-order chi connectivity index (χ1) is 18.3. The lowest BCUT2D eigenvalue weighted by atomic mass is 9.72. The summed E-state index contributed by atoms with van der Waals surface area (Å²) in [7, 11) is 1.92. The fourth-order valence-electron chi connectivity index (χ4n) is 5.46. The number of fused-ring (bicyclic) bond motifs is 1. The number of aromatic amines is 1. The zero-order valence-electron chi connectivity index (χ0n) is 20.8. The fraction of sp³-hybridized carbons (Fsp3) is 0.423. The Hall–Kier alpha value is -3.80. The van der Waals surface area contributed by atoms with Crippen LogP contribution in [0.15, 0.2) is 36.7 Å². The third-order valence-corrected chi connectivity index (χ3v) is 7.58. The minimum Gasteiger partial charge on any atom is -0.354 e. The van der Waals surface area contributed by atoms with E-state index in [2.05, 4.69) is 30.7 Å². The molecule has 9 nitrogen and oxygen atoms in total. The van der Waals surface area contributed by atoms with Crippen LogP contribution in [0, 0.1) is 5.92 Å². The number of H-pyrrole nitrogens is 1. The predicted octanol–water partition coefficient (Wildman–Crippen LogP) is 3.64. The second kappa shape index (κ2) is 9.50. The fourth-order valence-corrected chi connectivity index (χ4v) is 5.46. The van der Waals surface area contributed by atoms with Gasteiger partial charge in [-0.25, -0.2) is 4.98 Å². The molecule has 198 valence electrons. The summed E-state index contributed by atoms with van der Waals surface area (Å²) in [4.78, 5) is 17.6. The molecule has 0 bridgehead atoms. The standard InChI is InChI=1S/C26H27F3N8O/c1-36-14-31-35-25(36)22(15-4-2-5-15)16-6-3-7-17(10-16)23-18-11-20(26(27,28)29)32-19(24(18)34-33-23)12-37-9-8-30-21(38)13-37/h3,6-7,10-11,14-15,22H,2,4-5,8-9,12-13H2,1H3,(H,30,38)(H,33,34)/t22-/m1/s1. The lowest BCUT2D eigenvalue weighted by molar-refractivity contribution is -0.141. The summed E-state index contributed by atoms with van der Waals surface area (Å²) < 4.78 is 43.6. The van der Waals surface area contributed by atoms with Crippen molar-refractivity contribution in [3.05, 3.63) is 59.4 Å². The van der Waals surface area contributed by atoms with E-state index in [1.807, 2.05) is 35.9 Å². The van der Waals surface area contributed by atoms with E-state index in [0.717, 1.165) is 36.7 Å². The number of aromatic nitrogens is 6. The highest BCUT2D eigenvalue weighted by Gasteiger charge is 2.35. The van der Waals surface area contributed by atoms with Crippen LogP contribution in [0.4, 0.5) is 13.2 Å². The summed E-state index contributed by atoms with van der Waals surface area (Å²) in [6.45, 7) is 1.17. The third-order valence-electron chi connectivity index (χ3n) is 7.58. The maximum Gasteiger partial charge on any atom is 0.433 e. The molecule has 0 spiro atoms. The van der Waals surface area contributed by atoms with Crippen molar-refractivity contribution in [2.45, 2.75) is 37.9 Å². The Kier molecular flexibility index (Phi) is 6.13. The molecule has 1 aliphatic carbocycles. The van der Waals surface area contributed by atoms with Gasteiger partial charge in [0.1, 0.15) is 23.5 Å². The van der Waals surface area contributed by atoms with Gasteiger partial charge in [-0.2, -0.15) is 18.3 Å². The zero-order chi connectivity index (χ0) is 26.4. The maximum atomic E-state index is 13.9. The molecule has 1 aliphatic heterocycles. The molecule has 2 aliphatic rings. The highest BCUT2D eigenvalue weighted by atomic mass is 19.4. The van der Waals surface area contributed by atoms with Crippen LogP contribution in [0.1, 0.15) is 48.0 Å². The first kappa shape index (κ1) is 24.5. The van der Waals surface area contributed by atoms with Gasteiger partial charge in [-0.1, -0.05) is 24.6 Å². The lowest BCUT2D eigenvalue weighted by Crippen LogP contribution is -2.47. The first-order valence-electron chi connectivity index (χ1n) is 12.7. The van der Waals surface area contributed by atoms with Crippen molar-refractivity contribution in [3.63, 3.8) is 0 Å². The average Bonchev–Trinajstić information content (AvgIpc) is 3.47. The number of alkyl halides is 3. The topological polar surface area (TPSA) is 105 Å². The van der Waals surface area contributed by atoms with Gasteiger partial charge in [0.05, 0.1) is 17.8 Å². The number of aryl methyl sites for hydroxylation is 1. The average molecular weight is 525 g/mol. The molecule has 0 radical (unpaired) electrons. The van der Waals surface area contributed by atoms with Crippen LogP contribution >= 0.6 is 0 Å². The lowest BCUT2D eigenvalue weighted by Gasteiger charge is -2.33. The molecule has 38 heavy (non-hydrogen) atoms. The highest BCUT2D eigenvalue weighted by Crippen LogP contribution is 2.43. The molecule has 1 amide bonds. The van der Waals surface area contributed by atoms with E-state index in [1.54, 1.807) is 11.2 Å². The number of hydrogen-bond donors (Lipinski definition) is 2. The number of carbonyl (C=O) groups excluding carboxylic acids is 1. The number of hydrogen-bond acceptors (Lipinski definition) is 6. The zero-order valence-corrected chi connectivity index (χ0v) is 20.8. The predicted molar refractivity (Wildman–Crippen MR) is 133 cm³/mol. The van der Waals surface area contributed by atoms with Crippen molar-refractivity contribution in [1.82, 2.24) is 40.2 Å². The van der Waals surface area contributed by atoms with Crippen LogP contribution in [0.2, 0.25) is 0 Å². The van der Waals surface area contributed by atoms with Crippen LogP contribution in [-0.4, -0.2) is 60.4 Å². The normalized spacial score (nSPS) is 17.9. The van der Waals surface area contributed by atoms with Gasteiger partial charge in [0.15, 0.2) is 0 Å². The smallest absolute Gasteiger partial charge is 0.354 e. The minimum atomic E-state index is -4.63. The van der Waals surface area contributed by atoms with Gasteiger partial charge in [-0.15, -0.1) is 10.2 Å². The van der Waals surface area contributed by atoms with Crippen LogP contribution < -0.4 is 5.32 Å². The van der Waals surface area contributed by atoms with E-state index in [0.29, 0.717) is 41.2 Å². The van der Waals surface area contributed by atoms with E-state index in [1.165, 1.54) is 0 Å². The summed E-state index contributed by atoms with van der Waals surface area (Å²) in [6.07, 6.45) is 0.402. The number of halogens is 3. The molecule has 12 heteroatoms. The van der Waals surface area contributed by atoms with Crippen LogP contribution in [0.5, 0.6) is 0 Å². The molecule has 3 aromatic heterocycles. The molecular weight excluding hydrogens is 497 g/mol. The third kappa shape index (κ3) is 4.53. The Balaban J connectivity index is 1.43. The van der Waals surface area contributed by atoms with Gasteiger partial charge < -0.3 is 9.88 Å². The Morgan fingerprint density at radius 1 is 1.21 bits per heavy atom. The summed E-state index contributed by atoms with van der Waals surface area (Å²) in [5.74, 6) is 1.17. The summed E-state index contributed by atoms with van der Waals surface area (Å²) >= 11 is 0. The number of nitrogens with one attached hydrogen (secondary N) is 2. The van der Waals surface area contributed by atoms with Gasteiger partial charge in [0, 0.05) is 43.5 Å². The van der Waals surface area contributed by atoms with Crippen molar-refractivity contribution in [1.29, 1.82) is 0 Å². The SMILES string of the molecule is Cn1cnnc1[C@@H](c1cccc(-c2n[nH]c3c(CN4CCNC(=O)C4)nc(C(F)(F)F)cc23)c1)C1CCC1. The van der Waals surface area contributed by atoms with Crippen molar-refractivity contribution in [3.8, 4) is 11.3 Å². The Morgan fingerprint density at radius 3 is 2.74 bits per heavy atom. The molecule has 1 atom stereocenters. The van der Waals surface area contributed by atoms with E-state index < -0.39 is 11.9 Å². The second-order valence-corrected chi connectivity index (χ2v) is 10.1. The van der Waals surface area contributed by atoms with Crippen molar-refractivity contribution >= 4 is 16.8 Å². The Morgan fingerprint density at radius 2 is 2.05 bits per heavy atom. The van der Waals surface area contributed by atoms with Crippen LogP contribution in [0.3, 0.4) is 0 Å². The van der Waals surface area contributed by atoms with E-state index in [-0.39, 0.29) is 30.6 Å². The number of benzene rings is 1. The molecule has 2 fully saturated rings. The van der Waals surface area contributed by atoms with Gasteiger partial charge in [0.25, 0.3) is 0 Å². The molecular formula is C26H27F3N8O.